The van der Waals surface area contributed by atoms with Crippen molar-refractivity contribution in [2.45, 2.75) is 6.92 Å². The van der Waals surface area contributed by atoms with Gasteiger partial charge in [-0.05, 0) is 43.3 Å². The van der Waals surface area contributed by atoms with Crippen molar-refractivity contribution in [1.82, 2.24) is 24.7 Å². The Morgan fingerprint density at radius 3 is 2.59 bits per heavy atom. The number of anilines is 1. The van der Waals surface area contributed by atoms with E-state index in [0.717, 1.165) is 11.3 Å². The van der Waals surface area contributed by atoms with Crippen molar-refractivity contribution in [3.05, 3.63) is 79.1 Å². The van der Waals surface area contributed by atoms with Crippen LogP contribution in [0.2, 0.25) is 0 Å². The highest BCUT2D eigenvalue weighted by Gasteiger charge is 2.13. The molecule has 0 radical (unpaired) electrons. The molecule has 0 unspecified atom stereocenters. The highest BCUT2D eigenvalue weighted by Crippen LogP contribution is 2.28. The molecule has 2 heterocycles. The number of benzene rings is 2. The van der Waals surface area contributed by atoms with Crippen molar-refractivity contribution in [3.8, 4) is 22.8 Å². The van der Waals surface area contributed by atoms with E-state index in [9.17, 15) is 4.79 Å². The molecule has 0 saturated heterocycles. The Hall–Kier alpha value is -4.07. The largest absolute Gasteiger partial charge is 0.492 e. The molecular formula is C21H18N6O2. The molecule has 29 heavy (non-hydrogen) atoms. The second kappa shape index (κ2) is 8.30. The molecule has 0 aliphatic carbocycles. The van der Waals surface area contributed by atoms with Crippen molar-refractivity contribution < 1.29 is 9.53 Å². The SMILES string of the molecule is CCOc1ccc(-n2cnnc2)cc1NC(=O)c1cccc(-c2ncccn2)c1. The Morgan fingerprint density at radius 1 is 1.03 bits per heavy atom. The van der Waals surface area contributed by atoms with Crippen LogP contribution in [-0.4, -0.2) is 37.2 Å². The predicted octanol–water partition coefficient (Wildman–Crippen LogP) is 3.38. The molecular weight excluding hydrogens is 368 g/mol. The van der Waals surface area contributed by atoms with Gasteiger partial charge in [0.15, 0.2) is 5.82 Å². The summed E-state index contributed by atoms with van der Waals surface area (Å²) in [7, 11) is 0. The van der Waals surface area contributed by atoms with E-state index in [1.54, 1.807) is 53.9 Å². The van der Waals surface area contributed by atoms with Crippen LogP contribution in [-0.2, 0) is 0 Å². The topological polar surface area (TPSA) is 94.8 Å². The maximum absolute atomic E-state index is 12.9. The highest BCUT2D eigenvalue weighted by molar-refractivity contribution is 6.05. The maximum atomic E-state index is 12.9. The fourth-order valence-corrected chi connectivity index (χ4v) is 2.83. The monoisotopic (exact) mass is 386 g/mol. The Kier molecular flexibility index (Phi) is 5.24. The number of carbonyl (C=O) groups excluding carboxylic acids is 1. The number of nitrogens with one attached hydrogen (secondary N) is 1. The summed E-state index contributed by atoms with van der Waals surface area (Å²) in [6.07, 6.45) is 6.51. The van der Waals surface area contributed by atoms with Crippen LogP contribution in [0.5, 0.6) is 5.75 Å². The van der Waals surface area contributed by atoms with Gasteiger partial charge in [-0.2, -0.15) is 0 Å². The summed E-state index contributed by atoms with van der Waals surface area (Å²) in [5, 5.41) is 10.6. The molecule has 2 aromatic carbocycles. The van der Waals surface area contributed by atoms with E-state index in [0.29, 0.717) is 29.4 Å². The summed E-state index contributed by atoms with van der Waals surface area (Å²) >= 11 is 0. The molecule has 4 rings (SSSR count). The molecule has 1 N–H and O–H groups in total. The Labute approximate surface area is 167 Å². The summed E-state index contributed by atoms with van der Waals surface area (Å²) in [4.78, 5) is 21.4. The third kappa shape index (κ3) is 4.11. The van der Waals surface area contributed by atoms with Gasteiger partial charge in [-0.25, -0.2) is 9.97 Å². The van der Waals surface area contributed by atoms with Gasteiger partial charge in [0.2, 0.25) is 0 Å². The smallest absolute Gasteiger partial charge is 0.255 e. The fourth-order valence-electron chi connectivity index (χ4n) is 2.83. The Bertz CT molecular complexity index is 1110. The number of ether oxygens (including phenoxy) is 1. The van der Waals surface area contributed by atoms with E-state index in [1.165, 1.54) is 0 Å². The molecule has 2 aromatic heterocycles. The van der Waals surface area contributed by atoms with Crippen molar-refractivity contribution >= 4 is 11.6 Å². The molecule has 0 aliphatic rings. The van der Waals surface area contributed by atoms with Gasteiger partial charge in [0.1, 0.15) is 18.4 Å². The molecule has 4 aromatic rings. The van der Waals surface area contributed by atoms with E-state index in [1.807, 2.05) is 31.2 Å². The van der Waals surface area contributed by atoms with E-state index < -0.39 is 0 Å². The first kappa shape index (κ1) is 18.3. The zero-order valence-corrected chi connectivity index (χ0v) is 15.7. The quantitative estimate of drug-likeness (QED) is 0.546. The predicted molar refractivity (Wildman–Crippen MR) is 108 cm³/mol. The third-order valence-corrected chi connectivity index (χ3v) is 4.18. The van der Waals surface area contributed by atoms with Crippen LogP contribution in [0.25, 0.3) is 17.1 Å². The molecule has 1 amide bonds. The molecule has 144 valence electrons. The molecule has 0 aliphatic heterocycles. The van der Waals surface area contributed by atoms with Crippen LogP contribution >= 0.6 is 0 Å². The minimum atomic E-state index is -0.260. The number of rotatable bonds is 6. The van der Waals surface area contributed by atoms with Gasteiger partial charge in [0.05, 0.1) is 18.0 Å². The van der Waals surface area contributed by atoms with Gasteiger partial charge < -0.3 is 10.1 Å². The zero-order chi connectivity index (χ0) is 20.1. The number of amides is 1. The Balaban J connectivity index is 1.63. The number of hydrogen-bond donors (Lipinski definition) is 1. The lowest BCUT2D eigenvalue weighted by atomic mass is 10.1. The van der Waals surface area contributed by atoms with E-state index in [2.05, 4.69) is 25.5 Å². The van der Waals surface area contributed by atoms with Crippen molar-refractivity contribution in [2.24, 2.45) is 0 Å². The standard InChI is InChI=1S/C21H18N6O2/c1-2-29-19-8-7-17(27-13-24-25-14-27)12-18(19)26-21(28)16-6-3-5-15(11-16)20-22-9-4-10-23-20/h3-14H,2H2,1H3,(H,26,28). The van der Waals surface area contributed by atoms with Crippen molar-refractivity contribution in [1.29, 1.82) is 0 Å². The third-order valence-electron chi connectivity index (χ3n) is 4.18. The number of hydrogen-bond acceptors (Lipinski definition) is 6. The number of nitrogens with zero attached hydrogens (tertiary/aromatic N) is 5. The summed E-state index contributed by atoms with van der Waals surface area (Å²) in [5.41, 5.74) is 2.62. The summed E-state index contributed by atoms with van der Waals surface area (Å²) in [6, 6.07) is 14.4. The first-order chi connectivity index (χ1) is 14.2. The summed E-state index contributed by atoms with van der Waals surface area (Å²) in [5.74, 6) is 0.886. The minimum absolute atomic E-state index is 0.260. The summed E-state index contributed by atoms with van der Waals surface area (Å²) in [6.45, 7) is 2.37. The average molecular weight is 386 g/mol. The molecule has 0 saturated carbocycles. The van der Waals surface area contributed by atoms with E-state index in [4.69, 9.17) is 4.74 Å². The van der Waals surface area contributed by atoms with Crippen LogP contribution in [0, 0.1) is 0 Å². The van der Waals surface area contributed by atoms with Crippen LogP contribution in [0.1, 0.15) is 17.3 Å². The lowest BCUT2D eigenvalue weighted by Gasteiger charge is -2.14. The molecule has 0 spiro atoms. The summed E-state index contributed by atoms with van der Waals surface area (Å²) < 4.78 is 7.41. The second-order valence-corrected chi connectivity index (χ2v) is 6.09. The fraction of sp³-hybridized carbons (Fsp3) is 0.0952. The van der Waals surface area contributed by atoms with E-state index >= 15 is 0 Å². The zero-order valence-electron chi connectivity index (χ0n) is 15.7. The first-order valence-corrected chi connectivity index (χ1v) is 9.05. The van der Waals surface area contributed by atoms with Gasteiger partial charge in [-0.15, -0.1) is 10.2 Å². The maximum Gasteiger partial charge on any atom is 0.255 e. The average Bonchev–Trinajstić information content (AvgIpc) is 3.31. The van der Waals surface area contributed by atoms with Gasteiger partial charge >= 0.3 is 0 Å². The second-order valence-electron chi connectivity index (χ2n) is 6.09. The van der Waals surface area contributed by atoms with E-state index in [-0.39, 0.29) is 5.91 Å². The van der Waals surface area contributed by atoms with Gasteiger partial charge in [0, 0.05) is 23.5 Å². The molecule has 0 atom stereocenters. The normalized spacial score (nSPS) is 10.5. The van der Waals surface area contributed by atoms with Crippen molar-refractivity contribution in [3.63, 3.8) is 0 Å². The molecule has 0 bridgehead atoms. The lowest BCUT2D eigenvalue weighted by molar-refractivity contribution is 0.102. The molecule has 0 fully saturated rings. The van der Waals surface area contributed by atoms with Crippen LogP contribution in [0.3, 0.4) is 0 Å². The Morgan fingerprint density at radius 2 is 1.83 bits per heavy atom. The highest BCUT2D eigenvalue weighted by atomic mass is 16.5. The van der Waals surface area contributed by atoms with Gasteiger partial charge in [-0.3, -0.25) is 9.36 Å². The number of aromatic nitrogens is 5. The van der Waals surface area contributed by atoms with Gasteiger partial charge in [-0.1, -0.05) is 12.1 Å². The van der Waals surface area contributed by atoms with Gasteiger partial charge in [0.25, 0.3) is 5.91 Å². The molecule has 8 nitrogen and oxygen atoms in total. The minimum Gasteiger partial charge on any atom is -0.492 e. The molecule has 8 heteroatoms. The van der Waals surface area contributed by atoms with Crippen LogP contribution in [0.4, 0.5) is 5.69 Å². The lowest BCUT2D eigenvalue weighted by Crippen LogP contribution is -2.13. The van der Waals surface area contributed by atoms with Crippen LogP contribution < -0.4 is 10.1 Å². The van der Waals surface area contributed by atoms with Crippen LogP contribution in [0.15, 0.2) is 73.6 Å². The number of carbonyl (C=O) groups is 1. The first-order valence-electron chi connectivity index (χ1n) is 9.05. The van der Waals surface area contributed by atoms with Crippen molar-refractivity contribution in [2.75, 3.05) is 11.9 Å².